The minimum Gasteiger partial charge on any atom is -0.488 e. The van der Waals surface area contributed by atoms with Crippen molar-refractivity contribution in [3.05, 3.63) is 63.1 Å². The summed E-state index contributed by atoms with van der Waals surface area (Å²) in [4.78, 5) is 0. The van der Waals surface area contributed by atoms with Crippen LogP contribution >= 0.6 is 15.9 Å². The van der Waals surface area contributed by atoms with Crippen LogP contribution in [0, 0.1) is 13.8 Å². The van der Waals surface area contributed by atoms with Crippen molar-refractivity contribution in [2.24, 2.45) is 0 Å². The molecule has 0 aromatic heterocycles. The summed E-state index contributed by atoms with van der Waals surface area (Å²) in [5, 5.41) is 9.79. The molecule has 0 aliphatic heterocycles. The van der Waals surface area contributed by atoms with Gasteiger partial charge >= 0.3 is 0 Å². The van der Waals surface area contributed by atoms with Crippen molar-refractivity contribution in [1.29, 1.82) is 0 Å². The molecule has 1 atom stereocenters. The second kappa shape index (κ2) is 6.42. The summed E-state index contributed by atoms with van der Waals surface area (Å²) in [6.07, 6.45) is -0.544. The Balaban J connectivity index is 2.20. The second-order valence-electron chi connectivity index (χ2n) is 5.14. The van der Waals surface area contributed by atoms with Crippen LogP contribution in [0.15, 0.2) is 40.9 Å². The van der Waals surface area contributed by atoms with E-state index in [1.807, 2.05) is 18.2 Å². The van der Waals surface area contributed by atoms with Crippen molar-refractivity contribution in [2.75, 3.05) is 0 Å². The zero-order valence-electron chi connectivity index (χ0n) is 12.0. The smallest absolute Gasteiger partial charge is 0.126 e. The molecular formula is C17H19BrO2. The van der Waals surface area contributed by atoms with Crippen LogP contribution in [-0.2, 0) is 6.61 Å². The van der Waals surface area contributed by atoms with Crippen molar-refractivity contribution in [1.82, 2.24) is 0 Å². The van der Waals surface area contributed by atoms with Gasteiger partial charge in [-0.15, -0.1) is 0 Å². The van der Waals surface area contributed by atoms with Crippen LogP contribution in [0.3, 0.4) is 0 Å². The lowest BCUT2D eigenvalue weighted by Gasteiger charge is -2.14. The summed E-state index contributed by atoms with van der Waals surface area (Å²) in [5.41, 5.74) is 4.40. The number of hydrogen-bond donors (Lipinski definition) is 1. The van der Waals surface area contributed by atoms with Crippen LogP contribution in [0.5, 0.6) is 5.75 Å². The Hall–Kier alpha value is -1.32. The van der Waals surface area contributed by atoms with E-state index in [9.17, 15) is 5.11 Å². The van der Waals surface area contributed by atoms with Crippen LogP contribution in [-0.4, -0.2) is 5.11 Å². The predicted octanol–water partition coefficient (Wildman–Crippen LogP) is 4.70. The fraction of sp³-hybridized carbons (Fsp3) is 0.294. The van der Waals surface area contributed by atoms with Gasteiger partial charge < -0.3 is 9.84 Å². The van der Waals surface area contributed by atoms with Gasteiger partial charge in [-0.2, -0.15) is 0 Å². The molecule has 0 radical (unpaired) electrons. The first kappa shape index (κ1) is 15.1. The third-order valence-corrected chi connectivity index (χ3v) is 3.59. The van der Waals surface area contributed by atoms with Crippen LogP contribution in [0.2, 0.25) is 0 Å². The molecule has 0 saturated heterocycles. The van der Waals surface area contributed by atoms with E-state index in [0.717, 1.165) is 15.6 Å². The highest BCUT2D eigenvalue weighted by atomic mass is 79.9. The van der Waals surface area contributed by atoms with Gasteiger partial charge in [-0.3, -0.25) is 0 Å². The largest absolute Gasteiger partial charge is 0.488 e. The molecule has 0 heterocycles. The summed E-state index contributed by atoms with van der Waals surface area (Å²) in [7, 11) is 0. The lowest BCUT2D eigenvalue weighted by Crippen LogP contribution is -2.01. The maximum absolute atomic E-state index is 9.79. The number of aryl methyl sites for hydroxylation is 2. The van der Waals surface area contributed by atoms with Gasteiger partial charge in [0, 0.05) is 10.0 Å². The van der Waals surface area contributed by atoms with Gasteiger partial charge in [0.15, 0.2) is 0 Å². The summed E-state index contributed by atoms with van der Waals surface area (Å²) >= 11 is 3.43. The van der Waals surface area contributed by atoms with Crippen LogP contribution in [0.1, 0.15) is 35.3 Å². The number of aliphatic hydroxyl groups is 1. The molecule has 0 fully saturated rings. The molecule has 0 aliphatic rings. The fourth-order valence-electron chi connectivity index (χ4n) is 2.29. The average Bonchev–Trinajstić information content (AvgIpc) is 2.35. The SMILES string of the molecule is Cc1cc(C)cc(COc2cc(Br)ccc2[C@H](C)O)c1. The monoisotopic (exact) mass is 334 g/mol. The van der Waals surface area contributed by atoms with Crippen molar-refractivity contribution in [3.8, 4) is 5.75 Å². The highest BCUT2D eigenvalue weighted by Gasteiger charge is 2.10. The van der Waals surface area contributed by atoms with Gasteiger partial charge in [-0.25, -0.2) is 0 Å². The lowest BCUT2D eigenvalue weighted by molar-refractivity contribution is 0.190. The Morgan fingerprint density at radius 3 is 2.35 bits per heavy atom. The summed E-state index contributed by atoms with van der Waals surface area (Å²) in [6, 6.07) is 12.1. The predicted molar refractivity (Wildman–Crippen MR) is 85.0 cm³/mol. The zero-order valence-corrected chi connectivity index (χ0v) is 13.6. The molecule has 2 aromatic rings. The standard InChI is InChI=1S/C17H19BrO2/c1-11-6-12(2)8-14(7-11)10-20-17-9-15(18)4-5-16(17)13(3)19/h4-9,13,19H,10H2,1-3H3/t13-/m0/s1. The van der Waals surface area contributed by atoms with Crippen molar-refractivity contribution in [2.45, 2.75) is 33.5 Å². The van der Waals surface area contributed by atoms with E-state index < -0.39 is 6.10 Å². The maximum atomic E-state index is 9.79. The van der Waals surface area contributed by atoms with E-state index in [0.29, 0.717) is 12.4 Å². The first-order valence-corrected chi connectivity index (χ1v) is 7.42. The Morgan fingerprint density at radius 2 is 1.75 bits per heavy atom. The molecule has 106 valence electrons. The molecule has 20 heavy (non-hydrogen) atoms. The van der Waals surface area contributed by atoms with Crippen LogP contribution in [0.25, 0.3) is 0 Å². The summed E-state index contributed by atoms with van der Waals surface area (Å²) in [5.74, 6) is 0.716. The molecule has 0 amide bonds. The molecule has 0 spiro atoms. The van der Waals surface area contributed by atoms with E-state index in [4.69, 9.17) is 4.74 Å². The number of benzene rings is 2. The van der Waals surface area contributed by atoms with E-state index in [1.165, 1.54) is 11.1 Å². The van der Waals surface area contributed by atoms with E-state index in [1.54, 1.807) is 6.92 Å². The normalized spacial score (nSPS) is 12.2. The Labute approximate surface area is 128 Å². The third-order valence-electron chi connectivity index (χ3n) is 3.10. The number of rotatable bonds is 4. The maximum Gasteiger partial charge on any atom is 0.126 e. The first-order chi connectivity index (χ1) is 9.45. The minimum absolute atomic E-state index is 0.499. The molecule has 0 bridgehead atoms. The summed E-state index contributed by atoms with van der Waals surface area (Å²) < 4.78 is 6.83. The number of halogens is 1. The topological polar surface area (TPSA) is 29.5 Å². The highest BCUT2D eigenvalue weighted by Crippen LogP contribution is 2.29. The van der Waals surface area contributed by atoms with Crippen LogP contribution < -0.4 is 4.74 Å². The molecule has 0 saturated carbocycles. The quantitative estimate of drug-likeness (QED) is 0.878. The van der Waals surface area contributed by atoms with Gasteiger partial charge in [-0.05, 0) is 38.5 Å². The average molecular weight is 335 g/mol. The van der Waals surface area contributed by atoms with E-state index >= 15 is 0 Å². The van der Waals surface area contributed by atoms with Crippen molar-refractivity contribution < 1.29 is 9.84 Å². The number of ether oxygens (including phenoxy) is 1. The van der Waals surface area contributed by atoms with Crippen molar-refractivity contribution >= 4 is 15.9 Å². The Morgan fingerprint density at radius 1 is 1.10 bits per heavy atom. The molecule has 2 nitrogen and oxygen atoms in total. The number of aliphatic hydroxyl groups excluding tert-OH is 1. The minimum atomic E-state index is -0.544. The van der Waals surface area contributed by atoms with Gasteiger partial charge in [0.05, 0.1) is 6.10 Å². The summed E-state index contributed by atoms with van der Waals surface area (Å²) in [6.45, 7) is 6.40. The van der Waals surface area contributed by atoms with E-state index in [2.05, 4.69) is 48.0 Å². The van der Waals surface area contributed by atoms with Crippen LogP contribution in [0.4, 0.5) is 0 Å². The zero-order chi connectivity index (χ0) is 14.7. The molecule has 2 aromatic carbocycles. The van der Waals surface area contributed by atoms with Gasteiger partial charge in [0.1, 0.15) is 12.4 Å². The first-order valence-electron chi connectivity index (χ1n) is 6.63. The number of hydrogen-bond acceptors (Lipinski definition) is 2. The van der Waals surface area contributed by atoms with Gasteiger partial charge in [0.25, 0.3) is 0 Å². The Kier molecular flexibility index (Phi) is 4.84. The molecule has 0 aliphatic carbocycles. The molecular weight excluding hydrogens is 316 g/mol. The van der Waals surface area contributed by atoms with Crippen molar-refractivity contribution in [3.63, 3.8) is 0 Å². The molecule has 2 rings (SSSR count). The molecule has 1 N–H and O–H groups in total. The lowest BCUT2D eigenvalue weighted by atomic mass is 10.1. The highest BCUT2D eigenvalue weighted by molar-refractivity contribution is 9.10. The van der Waals surface area contributed by atoms with Gasteiger partial charge in [0.2, 0.25) is 0 Å². The second-order valence-corrected chi connectivity index (χ2v) is 6.06. The third kappa shape index (κ3) is 3.84. The molecule has 3 heteroatoms. The van der Waals surface area contributed by atoms with Gasteiger partial charge in [-0.1, -0.05) is 51.3 Å². The fourth-order valence-corrected chi connectivity index (χ4v) is 2.63. The van der Waals surface area contributed by atoms with E-state index in [-0.39, 0.29) is 0 Å². The Bertz CT molecular complexity index is 586. The molecule has 0 unspecified atom stereocenters.